The van der Waals surface area contributed by atoms with Crippen LogP contribution in [0.2, 0.25) is 0 Å². The largest absolute Gasteiger partial charge is 0.420 e. The first-order valence-corrected chi connectivity index (χ1v) is 7.76. The first-order chi connectivity index (χ1) is 10.4. The van der Waals surface area contributed by atoms with E-state index in [-0.39, 0.29) is 23.1 Å². The minimum atomic E-state index is -0.104. The molecule has 22 heavy (non-hydrogen) atoms. The number of allylic oxidation sites excluding steroid dienone is 3. The molecule has 0 saturated heterocycles. The van der Waals surface area contributed by atoms with E-state index in [4.69, 9.17) is 10.5 Å². The zero-order valence-corrected chi connectivity index (χ0v) is 13.3. The van der Waals surface area contributed by atoms with E-state index in [1.54, 1.807) is 0 Å². The zero-order valence-electron chi connectivity index (χ0n) is 13.3. The number of nitrogens with zero attached hydrogens (tertiary/aromatic N) is 2. The number of nitriles is 1. The average Bonchev–Trinajstić information content (AvgIpc) is 2.90. The second-order valence-corrected chi connectivity index (χ2v) is 7.06. The number of hydrogen-bond donors (Lipinski definition) is 2. The maximum Gasteiger partial charge on any atom is 0.243 e. The van der Waals surface area contributed by atoms with Crippen molar-refractivity contribution in [3.63, 3.8) is 0 Å². The molecule has 0 aromatic carbocycles. The average molecular weight is 298 g/mol. The van der Waals surface area contributed by atoms with Gasteiger partial charge in [0.1, 0.15) is 6.07 Å². The van der Waals surface area contributed by atoms with Gasteiger partial charge in [0.05, 0.1) is 5.57 Å². The molecule has 0 spiro atoms. The molecule has 0 saturated carbocycles. The molecule has 0 radical (unpaired) electrons. The zero-order chi connectivity index (χ0) is 15.9. The Balaban J connectivity index is 2.17. The minimum absolute atomic E-state index is 0.0710. The standard InChI is InChI=1S/C17H22N4O/c1-17(2,3)14-13-12(10-7-5-4-6-8-10)11(9-18)15(19)22-16(13)21-20-14/h5,7,10,12H,4,6,8,19H2,1-3H3,(H,20,21)/t10-,12-/m1/s1. The van der Waals surface area contributed by atoms with Crippen LogP contribution in [0.15, 0.2) is 23.6 Å². The number of H-pyrrole nitrogens is 1. The Morgan fingerprint density at radius 2 is 2.23 bits per heavy atom. The second kappa shape index (κ2) is 5.20. The van der Waals surface area contributed by atoms with Gasteiger partial charge in [-0.15, -0.1) is 5.10 Å². The topological polar surface area (TPSA) is 87.7 Å². The highest BCUT2D eigenvalue weighted by atomic mass is 16.5. The van der Waals surface area contributed by atoms with Crippen molar-refractivity contribution >= 4 is 0 Å². The summed E-state index contributed by atoms with van der Waals surface area (Å²) in [4.78, 5) is 0. The lowest BCUT2D eigenvalue weighted by Crippen LogP contribution is -2.27. The van der Waals surface area contributed by atoms with E-state index in [9.17, 15) is 5.26 Å². The summed E-state index contributed by atoms with van der Waals surface area (Å²) in [6.45, 7) is 6.38. The van der Waals surface area contributed by atoms with E-state index >= 15 is 0 Å². The van der Waals surface area contributed by atoms with Crippen LogP contribution in [0.5, 0.6) is 5.88 Å². The molecule has 2 atom stereocenters. The number of ether oxygens (including phenoxy) is 1. The summed E-state index contributed by atoms with van der Waals surface area (Å²) >= 11 is 0. The number of aromatic nitrogens is 2. The van der Waals surface area contributed by atoms with Gasteiger partial charge in [-0.05, 0) is 25.2 Å². The molecule has 2 heterocycles. The first kappa shape index (κ1) is 14.7. The molecular formula is C17H22N4O. The first-order valence-electron chi connectivity index (χ1n) is 7.76. The van der Waals surface area contributed by atoms with E-state index in [2.05, 4.69) is 49.2 Å². The van der Waals surface area contributed by atoms with Crippen LogP contribution in [0, 0.1) is 17.2 Å². The smallest absolute Gasteiger partial charge is 0.243 e. The monoisotopic (exact) mass is 298 g/mol. The van der Waals surface area contributed by atoms with E-state index < -0.39 is 0 Å². The third-order valence-corrected chi connectivity index (χ3v) is 4.45. The highest BCUT2D eigenvalue weighted by molar-refractivity contribution is 5.51. The Labute approximate surface area is 130 Å². The summed E-state index contributed by atoms with van der Waals surface area (Å²) in [5.74, 6) is 0.901. The van der Waals surface area contributed by atoms with Crippen molar-refractivity contribution < 1.29 is 4.74 Å². The van der Waals surface area contributed by atoms with Crippen LogP contribution in [0.4, 0.5) is 0 Å². The highest BCUT2D eigenvalue weighted by Crippen LogP contribution is 2.47. The van der Waals surface area contributed by atoms with Gasteiger partial charge in [0.15, 0.2) is 0 Å². The van der Waals surface area contributed by atoms with Crippen molar-refractivity contribution in [3.05, 3.63) is 34.9 Å². The third kappa shape index (κ3) is 2.29. The van der Waals surface area contributed by atoms with Crippen LogP contribution >= 0.6 is 0 Å². The van der Waals surface area contributed by atoms with Crippen molar-refractivity contribution in [1.29, 1.82) is 5.26 Å². The van der Waals surface area contributed by atoms with Gasteiger partial charge >= 0.3 is 0 Å². The normalized spacial score (nSPS) is 24.6. The number of nitrogens with one attached hydrogen (secondary N) is 1. The number of nitrogens with two attached hydrogens (primary N) is 1. The Morgan fingerprint density at radius 1 is 1.45 bits per heavy atom. The number of hydrogen-bond acceptors (Lipinski definition) is 4. The fourth-order valence-electron chi connectivity index (χ4n) is 3.40. The van der Waals surface area contributed by atoms with E-state index in [1.165, 1.54) is 0 Å². The van der Waals surface area contributed by atoms with Crippen molar-refractivity contribution in [1.82, 2.24) is 10.2 Å². The Morgan fingerprint density at radius 3 is 2.82 bits per heavy atom. The summed E-state index contributed by atoms with van der Waals surface area (Å²) in [7, 11) is 0. The molecule has 1 aromatic heterocycles. The molecule has 2 aliphatic rings. The fraction of sp³-hybridized carbons (Fsp3) is 0.529. The molecule has 5 heteroatoms. The molecule has 5 nitrogen and oxygen atoms in total. The summed E-state index contributed by atoms with van der Waals surface area (Å²) in [6, 6.07) is 2.26. The Kier molecular flexibility index (Phi) is 3.48. The number of aromatic amines is 1. The summed E-state index contributed by atoms with van der Waals surface area (Å²) < 4.78 is 5.60. The van der Waals surface area contributed by atoms with Gasteiger partial charge in [0, 0.05) is 22.6 Å². The van der Waals surface area contributed by atoms with Crippen molar-refractivity contribution in [2.75, 3.05) is 0 Å². The lowest BCUT2D eigenvalue weighted by Gasteiger charge is -2.32. The molecule has 0 fully saturated rings. The van der Waals surface area contributed by atoms with E-state index in [0.717, 1.165) is 30.5 Å². The van der Waals surface area contributed by atoms with Gasteiger partial charge in [-0.2, -0.15) is 5.26 Å². The molecular weight excluding hydrogens is 276 g/mol. The maximum absolute atomic E-state index is 9.60. The summed E-state index contributed by atoms with van der Waals surface area (Å²) in [5.41, 5.74) is 8.41. The molecule has 1 aromatic rings. The summed E-state index contributed by atoms with van der Waals surface area (Å²) in [6.07, 6.45) is 7.70. The van der Waals surface area contributed by atoms with Gasteiger partial charge in [0.2, 0.25) is 11.8 Å². The Bertz CT molecular complexity index is 684. The molecule has 3 rings (SSSR count). The molecule has 0 unspecified atom stereocenters. The van der Waals surface area contributed by atoms with Crippen molar-refractivity contribution in [2.24, 2.45) is 11.7 Å². The van der Waals surface area contributed by atoms with Crippen LogP contribution in [0.1, 0.15) is 57.2 Å². The lowest BCUT2D eigenvalue weighted by molar-refractivity contribution is 0.353. The molecule has 1 aliphatic heterocycles. The predicted octanol–water partition coefficient (Wildman–Crippen LogP) is 3.23. The third-order valence-electron chi connectivity index (χ3n) is 4.45. The fourth-order valence-corrected chi connectivity index (χ4v) is 3.40. The van der Waals surface area contributed by atoms with Crippen LogP contribution in [-0.4, -0.2) is 10.2 Å². The van der Waals surface area contributed by atoms with Gasteiger partial charge in [-0.3, -0.25) is 5.10 Å². The highest BCUT2D eigenvalue weighted by Gasteiger charge is 2.40. The van der Waals surface area contributed by atoms with Gasteiger partial charge < -0.3 is 10.5 Å². The van der Waals surface area contributed by atoms with Crippen molar-refractivity contribution in [3.8, 4) is 11.9 Å². The van der Waals surface area contributed by atoms with Crippen LogP contribution < -0.4 is 10.5 Å². The van der Waals surface area contributed by atoms with Crippen LogP contribution in [0.25, 0.3) is 0 Å². The minimum Gasteiger partial charge on any atom is -0.420 e. The predicted molar refractivity (Wildman–Crippen MR) is 84.0 cm³/mol. The summed E-state index contributed by atoms with van der Waals surface area (Å²) in [5, 5.41) is 17.0. The quantitative estimate of drug-likeness (QED) is 0.779. The maximum atomic E-state index is 9.60. The Hall–Kier alpha value is -2.22. The molecule has 0 bridgehead atoms. The molecule has 0 amide bonds. The lowest BCUT2D eigenvalue weighted by atomic mass is 9.73. The second-order valence-electron chi connectivity index (χ2n) is 7.06. The number of rotatable bonds is 1. The van der Waals surface area contributed by atoms with E-state index in [0.29, 0.717) is 11.5 Å². The molecule has 3 N–H and O–H groups in total. The SMILES string of the molecule is CC(C)(C)c1[nH]nc2c1[C@H]([C@@H]1C=CCCC1)C(C#N)=C(N)O2. The van der Waals surface area contributed by atoms with Crippen molar-refractivity contribution in [2.45, 2.75) is 51.4 Å². The van der Waals surface area contributed by atoms with E-state index in [1.807, 2.05) is 0 Å². The van der Waals surface area contributed by atoms with Crippen LogP contribution in [-0.2, 0) is 5.41 Å². The number of fused-ring (bicyclic) bond motifs is 1. The molecule has 116 valence electrons. The van der Waals surface area contributed by atoms with Gasteiger partial charge in [-0.1, -0.05) is 32.9 Å². The van der Waals surface area contributed by atoms with Crippen LogP contribution in [0.3, 0.4) is 0 Å². The van der Waals surface area contributed by atoms with Gasteiger partial charge in [-0.25, -0.2) is 0 Å². The van der Waals surface area contributed by atoms with Gasteiger partial charge in [0.25, 0.3) is 0 Å². The molecule has 1 aliphatic carbocycles.